The fourth-order valence-corrected chi connectivity index (χ4v) is 3.96. The van der Waals surface area contributed by atoms with Crippen molar-refractivity contribution in [2.24, 2.45) is 0 Å². The summed E-state index contributed by atoms with van der Waals surface area (Å²) in [6, 6.07) is 9.66. The zero-order chi connectivity index (χ0) is 13.3. The highest BCUT2D eigenvalue weighted by Crippen LogP contribution is 2.39. The van der Waals surface area contributed by atoms with Gasteiger partial charge in [0.15, 0.2) is 0 Å². The average Bonchev–Trinajstić information content (AvgIpc) is 3.08. The van der Waals surface area contributed by atoms with E-state index in [1.165, 1.54) is 49.4 Å². The van der Waals surface area contributed by atoms with E-state index in [1.54, 1.807) is 0 Å². The number of hydrogen-bond acceptors (Lipinski definition) is 0. The van der Waals surface area contributed by atoms with Gasteiger partial charge < -0.3 is 0 Å². The van der Waals surface area contributed by atoms with Gasteiger partial charge in [-0.15, -0.1) is 0 Å². The van der Waals surface area contributed by atoms with Crippen LogP contribution in [0.4, 0.5) is 0 Å². The second kappa shape index (κ2) is 3.52. The number of fused-ring (bicyclic) bond motifs is 5. The van der Waals surface area contributed by atoms with Gasteiger partial charge in [-0.2, -0.15) is 0 Å². The van der Waals surface area contributed by atoms with E-state index in [9.17, 15) is 0 Å². The topological polar surface area (TPSA) is 0 Å². The Balaban J connectivity index is 1.78. The molecular formula is C20H16. The van der Waals surface area contributed by atoms with Crippen LogP contribution >= 0.6 is 0 Å². The van der Waals surface area contributed by atoms with Gasteiger partial charge in [-0.3, -0.25) is 0 Å². The molecule has 20 heavy (non-hydrogen) atoms. The normalized spacial score (nSPS) is 16.8. The molecule has 0 spiro atoms. The minimum Gasteiger partial charge on any atom is -0.0728 e. The van der Waals surface area contributed by atoms with Crippen molar-refractivity contribution in [1.29, 1.82) is 0 Å². The highest BCUT2D eigenvalue weighted by molar-refractivity contribution is 5.81. The van der Waals surface area contributed by atoms with Gasteiger partial charge in [-0.1, -0.05) is 35.9 Å². The predicted octanol–water partition coefficient (Wildman–Crippen LogP) is 3.18. The lowest BCUT2D eigenvalue weighted by molar-refractivity contribution is 1.19. The minimum atomic E-state index is 1.10. The second-order valence-corrected chi connectivity index (χ2v) is 6.33. The van der Waals surface area contributed by atoms with Crippen molar-refractivity contribution in [2.75, 3.05) is 0 Å². The van der Waals surface area contributed by atoms with Crippen molar-refractivity contribution in [3.05, 3.63) is 62.5 Å². The van der Waals surface area contributed by atoms with Crippen molar-refractivity contribution in [2.45, 2.75) is 26.2 Å². The zero-order valence-corrected chi connectivity index (χ0v) is 11.7. The summed E-state index contributed by atoms with van der Waals surface area (Å²) >= 11 is 0. The summed E-state index contributed by atoms with van der Waals surface area (Å²) in [7, 11) is 0. The van der Waals surface area contributed by atoms with Crippen LogP contribution < -0.4 is 10.4 Å². The van der Waals surface area contributed by atoms with E-state index in [0.29, 0.717) is 0 Å². The molecule has 0 unspecified atom stereocenters. The first-order valence-electron chi connectivity index (χ1n) is 7.44. The van der Waals surface area contributed by atoms with Crippen molar-refractivity contribution in [1.82, 2.24) is 0 Å². The Kier molecular flexibility index (Phi) is 1.88. The maximum atomic E-state index is 2.44. The summed E-state index contributed by atoms with van der Waals surface area (Å²) in [5, 5.41) is 2.85. The quantitative estimate of drug-likeness (QED) is 0.579. The third kappa shape index (κ3) is 1.31. The van der Waals surface area contributed by atoms with E-state index in [1.807, 2.05) is 0 Å². The maximum absolute atomic E-state index is 2.44. The summed E-state index contributed by atoms with van der Waals surface area (Å²) in [4.78, 5) is 0. The average molecular weight is 256 g/mol. The lowest BCUT2D eigenvalue weighted by atomic mass is 9.99. The lowest BCUT2D eigenvalue weighted by Crippen LogP contribution is -2.21. The van der Waals surface area contributed by atoms with Gasteiger partial charge in [-0.25, -0.2) is 0 Å². The Morgan fingerprint density at radius 2 is 1.50 bits per heavy atom. The highest BCUT2D eigenvalue weighted by atomic mass is 14.3. The predicted molar refractivity (Wildman–Crippen MR) is 84.8 cm³/mol. The third-order valence-electron chi connectivity index (χ3n) is 4.89. The molecule has 0 heteroatoms. The van der Waals surface area contributed by atoms with E-state index in [4.69, 9.17) is 0 Å². The molecule has 0 radical (unpaired) electrons. The lowest BCUT2D eigenvalue weighted by Gasteiger charge is -2.05. The SMILES string of the molecule is CC1=Cc2cc3c(cc2C1)-c1cc2c(cc1C3)=CCC=2. The number of hydrogen-bond donors (Lipinski definition) is 0. The molecule has 0 atom stereocenters. The Bertz CT molecular complexity index is 923. The Morgan fingerprint density at radius 1 is 0.750 bits per heavy atom. The van der Waals surface area contributed by atoms with Crippen LogP contribution in [-0.2, 0) is 12.8 Å². The molecule has 0 bridgehead atoms. The van der Waals surface area contributed by atoms with Gasteiger partial charge in [0, 0.05) is 0 Å². The van der Waals surface area contributed by atoms with E-state index in [0.717, 1.165) is 19.3 Å². The van der Waals surface area contributed by atoms with Gasteiger partial charge in [0.05, 0.1) is 0 Å². The molecule has 3 aliphatic rings. The van der Waals surface area contributed by atoms with E-state index in [2.05, 4.69) is 49.4 Å². The first kappa shape index (κ1) is 10.7. The van der Waals surface area contributed by atoms with Crippen LogP contribution in [0.2, 0.25) is 0 Å². The molecule has 96 valence electrons. The Labute approximate surface area is 118 Å². The molecule has 0 heterocycles. The standard InChI is InChI=1S/C20H16/c1-12-5-15-8-18-9-17-7-13-3-2-4-14(13)10-19(17)20(18)11-16(15)6-12/h3-5,7-8,10-11H,2,6,9H2,1H3. The van der Waals surface area contributed by atoms with Crippen LogP contribution in [0.25, 0.3) is 29.4 Å². The summed E-state index contributed by atoms with van der Waals surface area (Å²) in [5.74, 6) is 0. The fraction of sp³-hybridized carbons (Fsp3) is 0.200. The largest absolute Gasteiger partial charge is 0.0728 e. The fourth-order valence-electron chi connectivity index (χ4n) is 3.96. The molecule has 0 saturated carbocycles. The van der Waals surface area contributed by atoms with Gasteiger partial charge in [0.1, 0.15) is 0 Å². The van der Waals surface area contributed by atoms with Crippen LogP contribution in [0.15, 0.2) is 29.8 Å². The third-order valence-corrected chi connectivity index (χ3v) is 4.89. The molecule has 0 aliphatic heterocycles. The molecule has 3 aliphatic carbocycles. The summed E-state index contributed by atoms with van der Waals surface area (Å²) in [6.45, 7) is 2.23. The second-order valence-electron chi connectivity index (χ2n) is 6.33. The van der Waals surface area contributed by atoms with Crippen LogP contribution in [0, 0.1) is 0 Å². The summed E-state index contributed by atoms with van der Waals surface area (Å²) < 4.78 is 0. The zero-order valence-electron chi connectivity index (χ0n) is 11.7. The first-order chi connectivity index (χ1) is 9.78. The Morgan fingerprint density at radius 3 is 2.40 bits per heavy atom. The molecule has 0 saturated heterocycles. The maximum Gasteiger partial charge on any atom is -0.00130 e. The van der Waals surface area contributed by atoms with Crippen molar-refractivity contribution >= 4 is 18.2 Å². The van der Waals surface area contributed by atoms with E-state index >= 15 is 0 Å². The molecule has 0 nitrogen and oxygen atoms in total. The Hall–Kier alpha value is -2.08. The minimum absolute atomic E-state index is 1.10. The van der Waals surface area contributed by atoms with Crippen molar-refractivity contribution < 1.29 is 0 Å². The summed E-state index contributed by atoms with van der Waals surface area (Å²) in [6.07, 6.45) is 10.4. The molecule has 0 N–H and O–H groups in total. The number of rotatable bonds is 0. The van der Waals surface area contributed by atoms with Crippen LogP contribution in [0.5, 0.6) is 0 Å². The number of allylic oxidation sites excluding steroid dienone is 1. The van der Waals surface area contributed by atoms with Crippen molar-refractivity contribution in [3.8, 4) is 11.1 Å². The van der Waals surface area contributed by atoms with Gasteiger partial charge in [0.2, 0.25) is 0 Å². The summed E-state index contributed by atoms with van der Waals surface area (Å²) in [5.41, 5.74) is 10.4. The van der Waals surface area contributed by atoms with Gasteiger partial charge in [-0.05, 0) is 82.1 Å². The van der Waals surface area contributed by atoms with Gasteiger partial charge >= 0.3 is 0 Å². The molecule has 5 rings (SSSR count). The van der Waals surface area contributed by atoms with Crippen LogP contribution in [0.3, 0.4) is 0 Å². The first-order valence-corrected chi connectivity index (χ1v) is 7.44. The molecular weight excluding hydrogens is 240 g/mol. The van der Waals surface area contributed by atoms with Crippen LogP contribution in [-0.4, -0.2) is 0 Å². The van der Waals surface area contributed by atoms with E-state index < -0.39 is 0 Å². The highest BCUT2D eigenvalue weighted by Gasteiger charge is 2.22. The molecule has 2 aromatic carbocycles. The van der Waals surface area contributed by atoms with E-state index in [-0.39, 0.29) is 0 Å². The van der Waals surface area contributed by atoms with Crippen LogP contribution in [0.1, 0.15) is 35.6 Å². The van der Waals surface area contributed by atoms with Gasteiger partial charge in [0.25, 0.3) is 0 Å². The van der Waals surface area contributed by atoms with Crippen molar-refractivity contribution in [3.63, 3.8) is 0 Å². The molecule has 0 amide bonds. The monoisotopic (exact) mass is 256 g/mol. The molecule has 2 aromatic rings. The smallest absolute Gasteiger partial charge is 0.00130 e. The molecule has 0 aromatic heterocycles. The number of benzene rings is 2. The molecule has 0 fully saturated rings.